The van der Waals surface area contributed by atoms with Gasteiger partial charge in [-0.25, -0.2) is 9.67 Å². The summed E-state index contributed by atoms with van der Waals surface area (Å²) in [5.41, 5.74) is 14.2. The summed E-state index contributed by atoms with van der Waals surface area (Å²) in [6.45, 7) is 15.5. The number of hydrogen-bond acceptors (Lipinski definition) is 3. The molecule has 2 aromatic carbocycles. The molecule has 0 atom stereocenters. The number of imidazole rings is 1. The van der Waals surface area contributed by atoms with Crippen molar-refractivity contribution in [3.8, 4) is 11.4 Å². The highest BCUT2D eigenvalue weighted by atomic mass is 15.3. The van der Waals surface area contributed by atoms with Crippen molar-refractivity contribution in [3.63, 3.8) is 0 Å². The van der Waals surface area contributed by atoms with Crippen molar-refractivity contribution in [1.29, 1.82) is 0 Å². The maximum atomic E-state index is 6.67. The summed E-state index contributed by atoms with van der Waals surface area (Å²) in [6, 6.07) is 12.9. The van der Waals surface area contributed by atoms with Crippen molar-refractivity contribution >= 4 is 27.8 Å². The van der Waals surface area contributed by atoms with Crippen molar-refractivity contribution in [2.45, 2.75) is 59.3 Å². The fraction of sp³-hybridized carbons (Fsp3) is 0.333. The van der Waals surface area contributed by atoms with Gasteiger partial charge < -0.3 is 15.3 Å². The molecule has 0 saturated heterocycles. The van der Waals surface area contributed by atoms with Gasteiger partial charge >= 0.3 is 0 Å². The van der Waals surface area contributed by atoms with Crippen LogP contribution in [0.5, 0.6) is 0 Å². The van der Waals surface area contributed by atoms with E-state index in [-0.39, 0.29) is 10.8 Å². The average molecular weight is 441 g/mol. The highest BCUT2D eigenvalue weighted by molar-refractivity contribution is 5.88. The summed E-state index contributed by atoms with van der Waals surface area (Å²) in [6.07, 6.45) is 3.95. The van der Waals surface area contributed by atoms with Crippen LogP contribution in [-0.2, 0) is 10.8 Å². The first-order chi connectivity index (χ1) is 15.4. The Morgan fingerprint density at radius 3 is 2.39 bits per heavy atom. The standard InChI is InChI=1S/C27H32N6/c1-16-30-21-9-8-18(14-22(21)31-16)33-25(28)24(15-29-33)32-11-10-19-20(27(5,6)7)12-17(13-23(19)32)26(2,3)4/h8-15H,28H2,1-7H3,(H,30,31). The van der Waals surface area contributed by atoms with Crippen LogP contribution in [0.3, 0.4) is 0 Å². The highest BCUT2D eigenvalue weighted by Gasteiger charge is 2.24. The average Bonchev–Trinajstić information content (AvgIpc) is 3.40. The Morgan fingerprint density at radius 1 is 0.939 bits per heavy atom. The Labute approximate surface area is 194 Å². The molecule has 3 aromatic heterocycles. The summed E-state index contributed by atoms with van der Waals surface area (Å²) in [4.78, 5) is 7.77. The summed E-state index contributed by atoms with van der Waals surface area (Å²) in [5.74, 6) is 1.49. The minimum absolute atomic E-state index is 0.0268. The molecule has 0 aliphatic rings. The molecule has 3 N–H and O–H groups in total. The molecule has 0 spiro atoms. The van der Waals surface area contributed by atoms with E-state index in [2.05, 4.69) is 85.6 Å². The van der Waals surface area contributed by atoms with Crippen LogP contribution in [0, 0.1) is 6.92 Å². The van der Waals surface area contributed by atoms with Gasteiger partial charge in [0.1, 0.15) is 11.5 Å². The minimum atomic E-state index is 0.0268. The van der Waals surface area contributed by atoms with Crippen LogP contribution in [0.25, 0.3) is 33.3 Å². The minimum Gasteiger partial charge on any atom is -0.382 e. The van der Waals surface area contributed by atoms with Gasteiger partial charge in [-0.2, -0.15) is 5.10 Å². The zero-order valence-corrected chi connectivity index (χ0v) is 20.5. The molecular formula is C27H32N6. The number of fused-ring (bicyclic) bond motifs is 2. The number of nitrogens with zero attached hydrogens (tertiary/aromatic N) is 4. The molecule has 0 aliphatic heterocycles. The lowest BCUT2D eigenvalue weighted by atomic mass is 9.79. The summed E-state index contributed by atoms with van der Waals surface area (Å²) >= 11 is 0. The van der Waals surface area contributed by atoms with Gasteiger partial charge in [-0.3, -0.25) is 0 Å². The van der Waals surface area contributed by atoms with Crippen LogP contribution in [0.4, 0.5) is 5.82 Å². The number of nitrogens with two attached hydrogens (primary N) is 1. The lowest BCUT2D eigenvalue weighted by Crippen LogP contribution is -2.16. The fourth-order valence-corrected chi connectivity index (χ4v) is 4.50. The number of benzene rings is 2. The molecule has 170 valence electrons. The maximum absolute atomic E-state index is 6.67. The van der Waals surface area contributed by atoms with Gasteiger partial charge in [0.05, 0.1) is 28.4 Å². The van der Waals surface area contributed by atoms with Crippen LogP contribution in [-0.4, -0.2) is 24.3 Å². The van der Waals surface area contributed by atoms with Gasteiger partial charge in [-0.15, -0.1) is 0 Å². The predicted octanol–water partition coefficient (Wildman–Crippen LogP) is 6.18. The number of nitrogen functional groups attached to an aromatic ring is 1. The van der Waals surface area contributed by atoms with Crippen molar-refractivity contribution in [1.82, 2.24) is 24.3 Å². The highest BCUT2D eigenvalue weighted by Crippen LogP contribution is 2.37. The van der Waals surface area contributed by atoms with Crippen molar-refractivity contribution in [3.05, 3.63) is 65.7 Å². The molecule has 0 radical (unpaired) electrons. The molecule has 0 fully saturated rings. The van der Waals surface area contributed by atoms with Gasteiger partial charge in [0, 0.05) is 11.6 Å². The molecule has 3 heterocycles. The number of anilines is 1. The SMILES string of the molecule is Cc1nc2ccc(-n3ncc(-n4ccc5c(C(C)(C)C)cc(C(C)(C)C)cc54)c3N)cc2[nH]1. The topological polar surface area (TPSA) is 77.4 Å². The van der Waals surface area contributed by atoms with Gasteiger partial charge in [0.15, 0.2) is 5.82 Å². The normalized spacial score (nSPS) is 12.8. The molecule has 0 unspecified atom stereocenters. The Bertz CT molecular complexity index is 1500. The smallest absolute Gasteiger partial charge is 0.151 e. The van der Waals surface area contributed by atoms with Gasteiger partial charge in [0.2, 0.25) is 0 Å². The molecule has 33 heavy (non-hydrogen) atoms. The van der Waals surface area contributed by atoms with Crippen LogP contribution < -0.4 is 5.73 Å². The zero-order valence-electron chi connectivity index (χ0n) is 20.5. The molecule has 5 rings (SSSR count). The van der Waals surface area contributed by atoms with E-state index < -0.39 is 0 Å². The first kappa shape index (κ1) is 21.3. The zero-order chi connectivity index (χ0) is 23.7. The first-order valence-electron chi connectivity index (χ1n) is 11.4. The number of nitrogens with one attached hydrogen (secondary N) is 1. The number of rotatable bonds is 2. The van der Waals surface area contributed by atoms with Crippen molar-refractivity contribution in [2.75, 3.05) is 5.73 Å². The number of hydrogen-bond donors (Lipinski definition) is 2. The van der Waals surface area contributed by atoms with E-state index in [0.717, 1.165) is 33.7 Å². The van der Waals surface area contributed by atoms with Crippen molar-refractivity contribution < 1.29 is 0 Å². The van der Waals surface area contributed by atoms with Crippen LogP contribution in [0.1, 0.15) is 58.5 Å². The molecule has 0 amide bonds. The van der Waals surface area contributed by atoms with Gasteiger partial charge in [-0.1, -0.05) is 47.6 Å². The molecule has 6 nitrogen and oxygen atoms in total. The predicted molar refractivity (Wildman–Crippen MR) is 137 cm³/mol. The van der Waals surface area contributed by atoms with Crippen LogP contribution >= 0.6 is 0 Å². The van der Waals surface area contributed by atoms with E-state index in [9.17, 15) is 0 Å². The molecule has 5 aromatic rings. The second-order valence-electron chi connectivity index (χ2n) is 11.0. The third-order valence-corrected chi connectivity index (χ3v) is 6.36. The quantitative estimate of drug-likeness (QED) is 0.344. The molecular weight excluding hydrogens is 408 g/mol. The lowest BCUT2D eigenvalue weighted by molar-refractivity contribution is 0.573. The number of aromatic amines is 1. The Balaban J connectivity index is 1.69. The van der Waals surface area contributed by atoms with Crippen LogP contribution in [0.2, 0.25) is 0 Å². The van der Waals surface area contributed by atoms with E-state index in [1.54, 1.807) is 4.68 Å². The Morgan fingerprint density at radius 2 is 1.70 bits per heavy atom. The number of H-pyrrole nitrogens is 1. The van der Waals surface area contributed by atoms with Crippen molar-refractivity contribution in [2.24, 2.45) is 0 Å². The summed E-state index contributed by atoms with van der Waals surface area (Å²) < 4.78 is 3.95. The Hall–Kier alpha value is -3.54. The second kappa shape index (κ2) is 6.98. The van der Waals surface area contributed by atoms with Crippen LogP contribution in [0.15, 0.2) is 48.8 Å². The fourth-order valence-electron chi connectivity index (χ4n) is 4.50. The molecule has 0 aliphatic carbocycles. The van der Waals surface area contributed by atoms with Gasteiger partial charge in [-0.05, 0) is 59.2 Å². The van der Waals surface area contributed by atoms with E-state index in [1.165, 1.54) is 16.5 Å². The first-order valence-corrected chi connectivity index (χ1v) is 11.4. The van der Waals surface area contributed by atoms with E-state index in [1.807, 2.05) is 31.3 Å². The molecule has 6 heteroatoms. The third kappa shape index (κ3) is 3.50. The molecule has 0 saturated carbocycles. The second-order valence-corrected chi connectivity index (χ2v) is 11.0. The summed E-state index contributed by atoms with van der Waals surface area (Å²) in [5, 5.41) is 5.89. The van der Waals surface area contributed by atoms with E-state index in [4.69, 9.17) is 5.73 Å². The monoisotopic (exact) mass is 440 g/mol. The number of aryl methyl sites for hydroxylation is 1. The third-order valence-electron chi connectivity index (χ3n) is 6.36. The summed E-state index contributed by atoms with van der Waals surface area (Å²) in [7, 11) is 0. The Kier molecular flexibility index (Phi) is 4.51. The molecule has 0 bridgehead atoms. The number of aromatic nitrogens is 5. The van der Waals surface area contributed by atoms with Gasteiger partial charge in [0.25, 0.3) is 0 Å². The lowest BCUT2D eigenvalue weighted by Gasteiger charge is -2.26. The van der Waals surface area contributed by atoms with E-state index >= 15 is 0 Å². The largest absolute Gasteiger partial charge is 0.382 e. The maximum Gasteiger partial charge on any atom is 0.151 e. The van der Waals surface area contributed by atoms with E-state index in [0.29, 0.717) is 5.82 Å².